The summed E-state index contributed by atoms with van der Waals surface area (Å²) in [6.07, 6.45) is 0.969. The molecule has 0 atom stereocenters. The molecule has 0 unspecified atom stereocenters. The van der Waals surface area contributed by atoms with E-state index in [1.165, 1.54) is 11.1 Å². The molecule has 1 amide bonds. The van der Waals surface area contributed by atoms with E-state index in [2.05, 4.69) is 18.2 Å². The summed E-state index contributed by atoms with van der Waals surface area (Å²) >= 11 is 5.55. The molecule has 0 saturated heterocycles. The molecule has 86 valence electrons. The molecule has 1 aromatic carbocycles. The smallest absolute Gasteiger partial charge is 0.262 e. The number of hydrogen-bond acceptors (Lipinski definition) is 2. The van der Waals surface area contributed by atoms with E-state index in [1.54, 1.807) is 5.01 Å². The second-order valence-corrected chi connectivity index (χ2v) is 4.20. The fraction of sp³-hybridized carbons (Fsp3) is 0.417. The van der Waals surface area contributed by atoms with Gasteiger partial charge < -0.3 is 0 Å². The first-order valence-corrected chi connectivity index (χ1v) is 5.88. The van der Waals surface area contributed by atoms with Gasteiger partial charge in [-0.05, 0) is 36.1 Å². The Morgan fingerprint density at radius 2 is 2.12 bits per heavy atom. The minimum Gasteiger partial charge on any atom is -0.262 e. The topological polar surface area (TPSA) is 23.6 Å². The maximum absolute atomic E-state index is 11.2. The second-order valence-electron chi connectivity index (χ2n) is 3.88. The quantitative estimate of drug-likeness (QED) is 0.584. The van der Waals surface area contributed by atoms with Crippen LogP contribution in [-0.4, -0.2) is 28.5 Å². The molecule has 4 heteroatoms. The van der Waals surface area contributed by atoms with Crippen LogP contribution in [0.15, 0.2) is 24.3 Å². The number of fused-ring (bicyclic) bond motifs is 1. The summed E-state index contributed by atoms with van der Waals surface area (Å²) < 4.78 is 0. The summed E-state index contributed by atoms with van der Waals surface area (Å²) in [6, 6.07) is 8.33. The van der Waals surface area contributed by atoms with E-state index < -0.39 is 5.37 Å². The lowest BCUT2D eigenvalue weighted by Gasteiger charge is -2.36. The molecule has 0 spiro atoms. The summed E-state index contributed by atoms with van der Waals surface area (Å²) in [5.74, 6) is 0. The molecular weight excluding hydrogens is 224 g/mol. The van der Waals surface area contributed by atoms with Crippen LogP contribution in [-0.2, 0) is 13.0 Å². The zero-order chi connectivity index (χ0) is 11.5. The molecule has 0 radical (unpaired) electrons. The highest BCUT2D eigenvalue weighted by molar-refractivity contribution is 6.62. The molecule has 1 aliphatic heterocycles. The van der Waals surface area contributed by atoms with Gasteiger partial charge in [-0.1, -0.05) is 24.3 Å². The number of hydrazine groups is 1. The Morgan fingerprint density at radius 1 is 1.44 bits per heavy atom. The van der Waals surface area contributed by atoms with Crippen molar-refractivity contribution in [1.29, 1.82) is 0 Å². The van der Waals surface area contributed by atoms with E-state index in [0.717, 1.165) is 19.5 Å². The molecule has 3 nitrogen and oxygen atoms in total. The molecule has 0 aliphatic carbocycles. The number of benzene rings is 1. The lowest BCUT2D eigenvalue weighted by Crippen LogP contribution is -2.46. The third-order valence-electron chi connectivity index (χ3n) is 2.95. The third-order valence-corrected chi connectivity index (χ3v) is 3.15. The first-order valence-electron chi connectivity index (χ1n) is 5.51. The van der Waals surface area contributed by atoms with Crippen molar-refractivity contribution < 1.29 is 4.79 Å². The molecule has 1 aliphatic rings. The molecule has 0 saturated carbocycles. The standard InChI is InChI=1S/C12H15ClN2O/c1-2-15(12(13)16)14-8-7-10-5-3-4-6-11(10)9-14/h3-6H,2,7-9H2,1H3. The zero-order valence-corrected chi connectivity index (χ0v) is 10.1. The predicted molar refractivity (Wildman–Crippen MR) is 64.2 cm³/mol. The number of rotatable bonds is 2. The normalized spacial score (nSPS) is 15.6. The van der Waals surface area contributed by atoms with Crippen LogP contribution in [0.4, 0.5) is 4.79 Å². The Kier molecular flexibility index (Phi) is 3.46. The van der Waals surface area contributed by atoms with Crippen LogP contribution < -0.4 is 0 Å². The van der Waals surface area contributed by atoms with E-state index in [4.69, 9.17) is 11.6 Å². The molecule has 0 fully saturated rings. The third kappa shape index (κ3) is 2.20. The minimum atomic E-state index is -0.401. The van der Waals surface area contributed by atoms with Gasteiger partial charge in [0.25, 0.3) is 0 Å². The van der Waals surface area contributed by atoms with Gasteiger partial charge in [0.1, 0.15) is 0 Å². The van der Waals surface area contributed by atoms with E-state index in [-0.39, 0.29) is 0 Å². The minimum absolute atomic E-state index is 0.401. The van der Waals surface area contributed by atoms with Crippen LogP contribution in [0.25, 0.3) is 0 Å². The van der Waals surface area contributed by atoms with Crippen LogP contribution in [0.3, 0.4) is 0 Å². The monoisotopic (exact) mass is 238 g/mol. The Morgan fingerprint density at radius 3 is 2.75 bits per heavy atom. The van der Waals surface area contributed by atoms with E-state index in [0.29, 0.717) is 6.54 Å². The molecule has 0 aromatic heterocycles. The van der Waals surface area contributed by atoms with Crippen LogP contribution in [0.1, 0.15) is 18.1 Å². The van der Waals surface area contributed by atoms with Crippen molar-refractivity contribution in [2.45, 2.75) is 19.9 Å². The SMILES string of the molecule is CCN(C(=O)Cl)N1CCc2ccccc2C1. The maximum Gasteiger partial charge on any atom is 0.330 e. The summed E-state index contributed by atoms with van der Waals surface area (Å²) in [4.78, 5) is 11.2. The molecule has 1 heterocycles. The summed E-state index contributed by atoms with van der Waals surface area (Å²) in [5, 5.41) is 3.21. The highest BCUT2D eigenvalue weighted by atomic mass is 35.5. The van der Waals surface area contributed by atoms with Crippen molar-refractivity contribution in [3.05, 3.63) is 35.4 Å². The number of nitrogens with zero attached hydrogens (tertiary/aromatic N) is 2. The van der Waals surface area contributed by atoms with Crippen molar-refractivity contribution in [3.63, 3.8) is 0 Å². The van der Waals surface area contributed by atoms with Gasteiger partial charge in [-0.2, -0.15) is 0 Å². The maximum atomic E-state index is 11.2. The lowest BCUT2D eigenvalue weighted by molar-refractivity contribution is 0.0162. The first kappa shape index (κ1) is 11.4. The van der Waals surface area contributed by atoms with Gasteiger partial charge in [-0.15, -0.1) is 0 Å². The largest absolute Gasteiger partial charge is 0.330 e. The number of amides is 1. The molecular formula is C12H15ClN2O. The summed E-state index contributed by atoms with van der Waals surface area (Å²) in [7, 11) is 0. The van der Waals surface area contributed by atoms with Gasteiger partial charge >= 0.3 is 5.37 Å². The summed E-state index contributed by atoms with van der Waals surface area (Å²) in [5.41, 5.74) is 2.65. The Labute approximate surface area is 101 Å². The van der Waals surface area contributed by atoms with Crippen LogP contribution in [0.2, 0.25) is 0 Å². The van der Waals surface area contributed by atoms with Gasteiger partial charge in [-0.3, -0.25) is 9.80 Å². The van der Waals surface area contributed by atoms with Crippen LogP contribution >= 0.6 is 11.6 Å². The number of hydrogen-bond donors (Lipinski definition) is 0. The van der Waals surface area contributed by atoms with Gasteiger partial charge in [0.15, 0.2) is 0 Å². The van der Waals surface area contributed by atoms with E-state index >= 15 is 0 Å². The first-order chi connectivity index (χ1) is 7.72. The second kappa shape index (κ2) is 4.85. The zero-order valence-electron chi connectivity index (χ0n) is 9.32. The van der Waals surface area contributed by atoms with Crippen LogP contribution in [0.5, 0.6) is 0 Å². The summed E-state index contributed by atoms with van der Waals surface area (Å²) in [6.45, 7) is 4.16. The Balaban J connectivity index is 2.15. The van der Waals surface area contributed by atoms with Gasteiger partial charge in [0.2, 0.25) is 0 Å². The fourth-order valence-corrected chi connectivity index (χ4v) is 2.35. The van der Waals surface area contributed by atoms with Crippen molar-refractivity contribution >= 4 is 17.0 Å². The average molecular weight is 239 g/mol. The van der Waals surface area contributed by atoms with Crippen molar-refractivity contribution in [3.8, 4) is 0 Å². The lowest BCUT2D eigenvalue weighted by atomic mass is 10.0. The van der Waals surface area contributed by atoms with Crippen molar-refractivity contribution in [2.75, 3.05) is 13.1 Å². The number of carbonyl (C=O) groups is 1. The highest BCUT2D eigenvalue weighted by Gasteiger charge is 2.22. The van der Waals surface area contributed by atoms with Gasteiger partial charge in [0, 0.05) is 19.6 Å². The van der Waals surface area contributed by atoms with Gasteiger partial charge in [0.05, 0.1) is 0 Å². The molecule has 16 heavy (non-hydrogen) atoms. The Bertz CT molecular complexity index is 394. The van der Waals surface area contributed by atoms with Crippen molar-refractivity contribution in [2.24, 2.45) is 0 Å². The predicted octanol–water partition coefficient (Wildman–Crippen LogP) is 2.64. The molecule has 0 bridgehead atoms. The number of halogens is 1. The fourth-order valence-electron chi connectivity index (χ4n) is 2.12. The van der Waals surface area contributed by atoms with E-state index in [1.807, 2.05) is 18.0 Å². The average Bonchev–Trinajstić information content (AvgIpc) is 2.29. The molecule has 1 aromatic rings. The highest BCUT2D eigenvalue weighted by Crippen LogP contribution is 2.20. The van der Waals surface area contributed by atoms with Crippen molar-refractivity contribution in [1.82, 2.24) is 10.0 Å². The number of carbonyl (C=O) groups excluding carboxylic acids is 1. The van der Waals surface area contributed by atoms with Crippen LogP contribution in [0, 0.1) is 0 Å². The van der Waals surface area contributed by atoms with Gasteiger partial charge in [-0.25, -0.2) is 5.01 Å². The molecule has 2 rings (SSSR count). The van der Waals surface area contributed by atoms with E-state index in [9.17, 15) is 4.79 Å². The Hall–Kier alpha value is -1.06. The molecule has 0 N–H and O–H groups in total.